The predicted octanol–water partition coefficient (Wildman–Crippen LogP) is 2.34. The lowest BCUT2D eigenvalue weighted by molar-refractivity contribution is -0.124. The second-order valence-electron chi connectivity index (χ2n) is 6.01. The van der Waals surface area contributed by atoms with Crippen molar-refractivity contribution in [3.05, 3.63) is 24.3 Å². The molecule has 0 saturated carbocycles. The largest absolute Gasteiger partial charge is 0.497 e. The van der Waals surface area contributed by atoms with Gasteiger partial charge in [0, 0.05) is 43.9 Å². The molecule has 1 heterocycles. The highest BCUT2D eigenvalue weighted by Gasteiger charge is 2.24. The standard InChI is InChI=1S/C17H27N3O2.2ClH/c1-13(10-18-2)17(21)19-11-14-7-8-20(12-14)15-5-4-6-16(9-15)22-3;;/h4-6,9,13-14,18H,7-8,10-12H2,1-3H3,(H,19,21);2*1H. The molecule has 1 aliphatic heterocycles. The molecule has 0 spiro atoms. The summed E-state index contributed by atoms with van der Waals surface area (Å²) in [4.78, 5) is 14.3. The summed E-state index contributed by atoms with van der Waals surface area (Å²) in [5.74, 6) is 1.54. The van der Waals surface area contributed by atoms with E-state index >= 15 is 0 Å². The van der Waals surface area contributed by atoms with Crippen molar-refractivity contribution in [2.75, 3.05) is 45.2 Å². The Morgan fingerprint density at radius 1 is 1.42 bits per heavy atom. The quantitative estimate of drug-likeness (QED) is 0.765. The molecule has 2 rings (SSSR count). The second kappa shape index (κ2) is 11.4. The van der Waals surface area contributed by atoms with Crippen LogP contribution in [0.4, 0.5) is 5.69 Å². The summed E-state index contributed by atoms with van der Waals surface area (Å²) in [5, 5.41) is 6.11. The normalized spacial score (nSPS) is 17.5. The van der Waals surface area contributed by atoms with Gasteiger partial charge in [-0.25, -0.2) is 0 Å². The number of hydrogen-bond donors (Lipinski definition) is 2. The van der Waals surface area contributed by atoms with Crippen LogP contribution in [-0.4, -0.2) is 46.2 Å². The van der Waals surface area contributed by atoms with Crippen molar-refractivity contribution < 1.29 is 9.53 Å². The molecule has 0 aromatic heterocycles. The topological polar surface area (TPSA) is 53.6 Å². The fourth-order valence-electron chi connectivity index (χ4n) is 2.86. The molecule has 24 heavy (non-hydrogen) atoms. The molecule has 2 unspecified atom stereocenters. The van der Waals surface area contributed by atoms with Crippen molar-refractivity contribution in [3.8, 4) is 5.75 Å². The van der Waals surface area contributed by atoms with E-state index in [4.69, 9.17) is 4.74 Å². The van der Waals surface area contributed by atoms with Crippen LogP contribution < -0.4 is 20.3 Å². The van der Waals surface area contributed by atoms with Gasteiger partial charge in [-0.1, -0.05) is 13.0 Å². The Labute approximate surface area is 157 Å². The third-order valence-electron chi connectivity index (χ3n) is 4.23. The summed E-state index contributed by atoms with van der Waals surface area (Å²) < 4.78 is 5.28. The fraction of sp³-hybridized carbons (Fsp3) is 0.588. The molecule has 138 valence electrons. The van der Waals surface area contributed by atoms with Gasteiger partial charge in [0.05, 0.1) is 7.11 Å². The fourth-order valence-corrected chi connectivity index (χ4v) is 2.86. The highest BCUT2D eigenvalue weighted by atomic mass is 35.5. The van der Waals surface area contributed by atoms with Crippen LogP contribution in [0.1, 0.15) is 13.3 Å². The molecule has 0 radical (unpaired) electrons. The number of carbonyl (C=O) groups excluding carboxylic acids is 1. The number of halogens is 2. The van der Waals surface area contributed by atoms with Crippen LogP contribution in [0.25, 0.3) is 0 Å². The van der Waals surface area contributed by atoms with Crippen LogP contribution >= 0.6 is 24.8 Å². The Hall–Kier alpha value is -1.17. The van der Waals surface area contributed by atoms with Crippen molar-refractivity contribution in [2.24, 2.45) is 11.8 Å². The minimum Gasteiger partial charge on any atom is -0.497 e. The van der Waals surface area contributed by atoms with Crippen molar-refractivity contribution in [2.45, 2.75) is 13.3 Å². The zero-order valence-corrected chi connectivity index (χ0v) is 16.2. The number of nitrogens with one attached hydrogen (secondary N) is 2. The maximum Gasteiger partial charge on any atom is 0.224 e. The Balaban J connectivity index is 0.00000264. The molecule has 1 fully saturated rings. The molecule has 0 bridgehead atoms. The molecular weight excluding hydrogens is 349 g/mol. The second-order valence-corrected chi connectivity index (χ2v) is 6.01. The molecule has 1 aromatic carbocycles. The third-order valence-corrected chi connectivity index (χ3v) is 4.23. The summed E-state index contributed by atoms with van der Waals surface area (Å²) in [5.41, 5.74) is 1.19. The number of amides is 1. The van der Waals surface area contributed by atoms with Crippen molar-refractivity contribution in [1.82, 2.24) is 10.6 Å². The van der Waals surface area contributed by atoms with Crippen LogP contribution in [0.2, 0.25) is 0 Å². The van der Waals surface area contributed by atoms with E-state index in [0.717, 1.165) is 31.8 Å². The molecule has 1 aliphatic rings. The van der Waals surface area contributed by atoms with Crippen molar-refractivity contribution in [3.63, 3.8) is 0 Å². The first-order valence-corrected chi connectivity index (χ1v) is 7.95. The van der Waals surface area contributed by atoms with Crippen molar-refractivity contribution in [1.29, 1.82) is 0 Å². The number of ether oxygens (including phenoxy) is 1. The molecule has 2 N–H and O–H groups in total. The van der Waals surface area contributed by atoms with Crippen LogP contribution in [0.3, 0.4) is 0 Å². The first kappa shape index (κ1) is 22.8. The van der Waals surface area contributed by atoms with E-state index in [0.29, 0.717) is 12.5 Å². The van der Waals surface area contributed by atoms with E-state index in [2.05, 4.69) is 27.7 Å². The van der Waals surface area contributed by atoms with Crippen LogP contribution in [0, 0.1) is 11.8 Å². The van der Waals surface area contributed by atoms with E-state index < -0.39 is 0 Å². The van der Waals surface area contributed by atoms with Gasteiger partial charge in [0.1, 0.15) is 5.75 Å². The van der Waals surface area contributed by atoms with Gasteiger partial charge in [0.2, 0.25) is 5.91 Å². The number of carbonyl (C=O) groups is 1. The van der Waals surface area contributed by atoms with Crippen LogP contribution in [-0.2, 0) is 4.79 Å². The summed E-state index contributed by atoms with van der Waals surface area (Å²) >= 11 is 0. The van der Waals surface area contributed by atoms with Crippen LogP contribution in [0.5, 0.6) is 5.75 Å². The maximum absolute atomic E-state index is 11.9. The summed E-state index contributed by atoms with van der Waals surface area (Å²) in [6.07, 6.45) is 1.11. The highest BCUT2D eigenvalue weighted by Crippen LogP contribution is 2.26. The molecule has 1 saturated heterocycles. The number of rotatable bonds is 7. The number of anilines is 1. The first-order chi connectivity index (χ1) is 10.6. The Morgan fingerprint density at radius 3 is 2.83 bits per heavy atom. The predicted molar refractivity (Wildman–Crippen MR) is 104 cm³/mol. The SMILES string of the molecule is CNCC(C)C(=O)NCC1CCN(c2cccc(OC)c2)C1.Cl.Cl. The Kier molecular flexibility index (Phi) is 10.8. The molecule has 2 atom stereocenters. The Morgan fingerprint density at radius 2 is 2.17 bits per heavy atom. The molecule has 1 amide bonds. The molecule has 0 aliphatic carbocycles. The van der Waals surface area contributed by atoms with Crippen molar-refractivity contribution >= 4 is 36.4 Å². The average Bonchev–Trinajstić information content (AvgIpc) is 3.02. The zero-order valence-electron chi connectivity index (χ0n) is 14.6. The van der Waals surface area contributed by atoms with Gasteiger partial charge in [-0.15, -0.1) is 24.8 Å². The summed E-state index contributed by atoms with van der Waals surface area (Å²) in [6.45, 7) is 5.43. The number of benzene rings is 1. The minimum absolute atomic E-state index is 0. The Bertz CT molecular complexity index is 502. The van der Waals surface area contributed by atoms with Gasteiger partial charge in [0.15, 0.2) is 0 Å². The van der Waals surface area contributed by atoms with E-state index in [9.17, 15) is 4.79 Å². The lowest BCUT2D eigenvalue weighted by atomic mass is 10.1. The monoisotopic (exact) mass is 377 g/mol. The lowest BCUT2D eigenvalue weighted by Crippen LogP contribution is -2.37. The zero-order chi connectivity index (χ0) is 15.9. The summed E-state index contributed by atoms with van der Waals surface area (Å²) in [6, 6.07) is 8.15. The first-order valence-electron chi connectivity index (χ1n) is 7.95. The highest BCUT2D eigenvalue weighted by molar-refractivity contribution is 5.85. The minimum atomic E-state index is 0. The van der Waals surface area contributed by atoms with E-state index in [1.54, 1.807) is 7.11 Å². The molecular formula is C17H29Cl2N3O2. The van der Waals surface area contributed by atoms with Gasteiger partial charge in [-0.3, -0.25) is 4.79 Å². The van der Waals surface area contributed by atoms with Crippen LogP contribution in [0.15, 0.2) is 24.3 Å². The van der Waals surface area contributed by atoms with Gasteiger partial charge < -0.3 is 20.3 Å². The molecule has 1 aromatic rings. The van der Waals surface area contributed by atoms with Gasteiger partial charge in [-0.2, -0.15) is 0 Å². The smallest absolute Gasteiger partial charge is 0.224 e. The summed E-state index contributed by atoms with van der Waals surface area (Å²) in [7, 11) is 3.56. The number of nitrogens with zero attached hydrogens (tertiary/aromatic N) is 1. The van der Waals surface area contributed by atoms with E-state index in [1.807, 2.05) is 26.1 Å². The number of methoxy groups -OCH3 is 1. The van der Waals surface area contributed by atoms with Gasteiger partial charge in [0.25, 0.3) is 0 Å². The molecule has 5 nitrogen and oxygen atoms in total. The lowest BCUT2D eigenvalue weighted by Gasteiger charge is -2.20. The van der Waals surface area contributed by atoms with Gasteiger partial charge in [-0.05, 0) is 31.5 Å². The number of hydrogen-bond acceptors (Lipinski definition) is 4. The molecule has 7 heteroatoms. The van der Waals surface area contributed by atoms with Gasteiger partial charge >= 0.3 is 0 Å². The van der Waals surface area contributed by atoms with E-state index in [-0.39, 0.29) is 36.6 Å². The third kappa shape index (κ3) is 6.38. The maximum atomic E-state index is 11.9. The van der Waals surface area contributed by atoms with E-state index in [1.165, 1.54) is 5.69 Å². The average molecular weight is 378 g/mol.